The maximum atomic E-state index is 12.4. The summed E-state index contributed by atoms with van der Waals surface area (Å²) >= 11 is 0. The molecule has 148 valence electrons. The van der Waals surface area contributed by atoms with Gasteiger partial charge in [0.15, 0.2) is 0 Å². The van der Waals surface area contributed by atoms with Crippen molar-refractivity contribution in [3.8, 4) is 0 Å². The Balaban J connectivity index is 1.57. The van der Waals surface area contributed by atoms with Crippen LogP contribution in [0.1, 0.15) is 37.7 Å². The number of likely N-dealkylation sites (tertiary alicyclic amines) is 1. The fourth-order valence-corrected chi connectivity index (χ4v) is 3.64. The monoisotopic (exact) mass is 374 g/mol. The van der Waals surface area contributed by atoms with Crippen molar-refractivity contribution >= 4 is 23.2 Å². The molecule has 0 unspecified atom stereocenters. The number of hydrogen-bond donors (Lipinski definition) is 3. The molecule has 3 rings (SSSR count). The fourth-order valence-electron chi connectivity index (χ4n) is 3.64. The van der Waals surface area contributed by atoms with Crippen LogP contribution in [0.25, 0.3) is 0 Å². The van der Waals surface area contributed by atoms with Crippen molar-refractivity contribution in [2.75, 3.05) is 36.8 Å². The van der Waals surface area contributed by atoms with E-state index in [2.05, 4.69) is 15.5 Å². The number of rotatable bonds is 6. The van der Waals surface area contributed by atoms with Crippen molar-refractivity contribution < 1.29 is 14.3 Å². The van der Waals surface area contributed by atoms with Crippen molar-refractivity contribution in [1.82, 2.24) is 4.90 Å². The summed E-state index contributed by atoms with van der Waals surface area (Å²) in [5.41, 5.74) is 7.93. The number of aryl methyl sites for hydroxylation is 1. The van der Waals surface area contributed by atoms with Gasteiger partial charge in [-0.3, -0.25) is 14.5 Å². The van der Waals surface area contributed by atoms with Gasteiger partial charge in [0.1, 0.15) is 6.10 Å². The molecule has 7 heteroatoms. The minimum atomic E-state index is -0.461. The Hall–Kier alpha value is -1.96. The first-order valence-corrected chi connectivity index (χ1v) is 9.84. The third kappa shape index (κ3) is 5.51. The number of anilines is 2. The molecule has 0 aromatic heterocycles. The zero-order valence-electron chi connectivity index (χ0n) is 16.0. The van der Waals surface area contributed by atoms with Gasteiger partial charge in [-0.25, -0.2) is 0 Å². The summed E-state index contributed by atoms with van der Waals surface area (Å²) in [5, 5.41) is 5.86. The molecule has 27 heavy (non-hydrogen) atoms. The molecule has 0 spiro atoms. The van der Waals surface area contributed by atoms with Gasteiger partial charge in [-0.05, 0) is 63.4 Å². The van der Waals surface area contributed by atoms with E-state index < -0.39 is 6.10 Å². The summed E-state index contributed by atoms with van der Waals surface area (Å²) in [7, 11) is 0. The smallest absolute Gasteiger partial charge is 0.253 e. The maximum absolute atomic E-state index is 12.4. The molecule has 2 aliphatic rings. The number of carbonyl (C=O) groups excluding carboxylic acids is 2. The average Bonchev–Trinajstić information content (AvgIpc) is 3.14. The van der Waals surface area contributed by atoms with Gasteiger partial charge in [0.25, 0.3) is 5.91 Å². The number of amides is 2. The van der Waals surface area contributed by atoms with Crippen LogP contribution in [0.5, 0.6) is 0 Å². The van der Waals surface area contributed by atoms with Crippen molar-refractivity contribution in [1.29, 1.82) is 0 Å². The standard InChI is InChI=1S/C20H30N4O3/c1-14-5-6-15(22-20(26)18-8-7-16(12-21)27-18)11-17(14)23-19(25)13-24-9-3-2-4-10-24/h5-6,11,16,18H,2-4,7-10,12-13,21H2,1H3,(H,22,26)(H,23,25)/t16-,18+/m1/s1. The largest absolute Gasteiger partial charge is 0.364 e. The molecule has 7 nitrogen and oxygen atoms in total. The second-order valence-corrected chi connectivity index (χ2v) is 7.46. The van der Waals surface area contributed by atoms with Gasteiger partial charge in [-0.2, -0.15) is 0 Å². The number of nitrogens with two attached hydrogens (primary N) is 1. The van der Waals surface area contributed by atoms with Gasteiger partial charge in [-0.15, -0.1) is 0 Å². The molecule has 0 aliphatic carbocycles. The van der Waals surface area contributed by atoms with Crippen molar-refractivity contribution in [2.45, 2.75) is 51.2 Å². The lowest BCUT2D eigenvalue weighted by Gasteiger charge is -2.25. The predicted octanol–water partition coefficient (Wildman–Crippen LogP) is 1.86. The molecular weight excluding hydrogens is 344 g/mol. The van der Waals surface area contributed by atoms with Crippen molar-refractivity contribution in [3.63, 3.8) is 0 Å². The zero-order chi connectivity index (χ0) is 19.2. The van der Waals surface area contributed by atoms with Crippen LogP contribution in [-0.4, -0.2) is 55.1 Å². The Labute approximate surface area is 160 Å². The Morgan fingerprint density at radius 1 is 1.19 bits per heavy atom. The Morgan fingerprint density at radius 3 is 2.67 bits per heavy atom. The molecular formula is C20H30N4O3. The molecule has 2 saturated heterocycles. The minimum Gasteiger partial charge on any atom is -0.364 e. The summed E-state index contributed by atoms with van der Waals surface area (Å²) in [6, 6.07) is 5.53. The van der Waals surface area contributed by atoms with Crippen molar-refractivity contribution in [3.05, 3.63) is 23.8 Å². The number of carbonyl (C=O) groups is 2. The SMILES string of the molecule is Cc1ccc(NC(=O)[C@@H]2CC[C@H](CN)O2)cc1NC(=O)CN1CCCCC1. The van der Waals surface area contributed by atoms with E-state index in [1.807, 2.05) is 19.1 Å². The molecule has 2 amide bonds. The summed E-state index contributed by atoms with van der Waals surface area (Å²) in [5.74, 6) is -0.186. The quantitative estimate of drug-likeness (QED) is 0.706. The van der Waals surface area contributed by atoms with Crippen LogP contribution in [0.3, 0.4) is 0 Å². The normalized spacial score (nSPS) is 23.2. The molecule has 0 bridgehead atoms. The van der Waals surface area contributed by atoms with Crippen LogP contribution >= 0.6 is 0 Å². The molecule has 2 atom stereocenters. The highest BCUT2D eigenvalue weighted by Gasteiger charge is 2.29. The van der Waals surface area contributed by atoms with Crippen LogP contribution in [0.15, 0.2) is 18.2 Å². The van der Waals surface area contributed by atoms with Gasteiger partial charge in [0.05, 0.1) is 12.6 Å². The first-order valence-electron chi connectivity index (χ1n) is 9.84. The van der Waals surface area contributed by atoms with Crippen LogP contribution in [0.2, 0.25) is 0 Å². The summed E-state index contributed by atoms with van der Waals surface area (Å²) in [6.45, 7) is 4.74. The van der Waals surface area contributed by atoms with Gasteiger partial charge in [0.2, 0.25) is 5.91 Å². The lowest BCUT2D eigenvalue weighted by molar-refractivity contribution is -0.126. The van der Waals surface area contributed by atoms with Crippen LogP contribution in [0.4, 0.5) is 11.4 Å². The zero-order valence-corrected chi connectivity index (χ0v) is 16.0. The third-order valence-electron chi connectivity index (χ3n) is 5.26. The van der Waals surface area contributed by atoms with E-state index in [0.717, 1.165) is 43.6 Å². The van der Waals surface area contributed by atoms with Crippen LogP contribution < -0.4 is 16.4 Å². The van der Waals surface area contributed by atoms with Gasteiger partial charge in [0, 0.05) is 17.9 Å². The van der Waals surface area contributed by atoms with E-state index >= 15 is 0 Å². The van der Waals surface area contributed by atoms with Gasteiger partial charge < -0.3 is 21.1 Å². The lowest BCUT2D eigenvalue weighted by atomic mass is 10.1. The van der Waals surface area contributed by atoms with E-state index in [1.165, 1.54) is 6.42 Å². The van der Waals surface area contributed by atoms with Crippen molar-refractivity contribution in [2.24, 2.45) is 5.73 Å². The molecule has 2 heterocycles. The fraction of sp³-hybridized carbons (Fsp3) is 0.600. The molecule has 2 fully saturated rings. The van der Waals surface area contributed by atoms with E-state index in [-0.39, 0.29) is 17.9 Å². The van der Waals surface area contributed by atoms with Crippen LogP contribution in [-0.2, 0) is 14.3 Å². The summed E-state index contributed by atoms with van der Waals surface area (Å²) in [6.07, 6.45) is 4.54. The molecule has 1 aromatic rings. The second kappa shape index (κ2) is 9.30. The van der Waals surface area contributed by atoms with E-state index in [0.29, 0.717) is 25.2 Å². The molecule has 1 aromatic carbocycles. The number of ether oxygens (including phenoxy) is 1. The lowest BCUT2D eigenvalue weighted by Crippen LogP contribution is -2.36. The highest BCUT2D eigenvalue weighted by Crippen LogP contribution is 2.23. The number of hydrogen-bond acceptors (Lipinski definition) is 5. The Morgan fingerprint density at radius 2 is 1.96 bits per heavy atom. The number of nitrogens with zero attached hydrogens (tertiary/aromatic N) is 1. The molecule has 0 saturated carbocycles. The van der Waals surface area contributed by atoms with E-state index in [1.54, 1.807) is 6.07 Å². The predicted molar refractivity (Wildman–Crippen MR) is 106 cm³/mol. The second-order valence-electron chi connectivity index (χ2n) is 7.46. The van der Waals surface area contributed by atoms with E-state index in [9.17, 15) is 9.59 Å². The summed E-state index contributed by atoms with van der Waals surface area (Å²) < 4.78 is 5.64. The van der Waals surface area contributed by atoms with Gasteiger partial charge in [-0.1, -0.05) is 12.5 Å². The average molecular weight is 374 g/mol. The van der Waals surface area contributed by atoms with Crippen LogP contribution in [0, 0.1) is 6.92 Å². The first-order chi connectivity index (χ1) is 13.0. The summed E-state index contributed by atoms with van der Waals surface area (Å²) in [4.78, 5) is 26.9. The minimum absolute atomic E-state index is 0.0200. The number of piperidine rings is 1. The third-order valence-corrected chi connectivity index (χ3v) is 5.26. The maximum Gasteiger partial charge on any atom is 0.253 e. The first kappa shape index (κ1) is 19.8. The topological polar surface area (TPSA) is 96.7 Å². The highest BCUT2D eigenvalue weighted by molar-refractivity contribution is 5.97. The molecule has 4 N–H and O–H groups in total. The highest BCUT2D eigenvalue weighted by atomic mass is 16.5. The van der Waals surface area contributed by atoms with E-state index in [4.69, 9.17) is 10.5 Å². The Kier molecular flexibility index (Phi) is 6.82. The van der Waals surface area contributed by atoms with Gasteiger partial charge >= 0.3 is 0 Å². The molecule has 0 radical (unpaired) electrons. The number of benzene rings is 1. The Bertz CT molecular complexity index is 673. The number of nitrogens with one attached hydrogen (secondary N) is 2. The molecule has 2 aliphatic heterocycles.